The molecule has 8 heteroatoms. The van der Waals surface area contributed by atoms with Crippen LogP contribution in [0, 0.1) is 25.2 Å². The van der Waals surface area contributed by atoms with Gasteiger partial charge in [0.15, 0.2) is 0 Å². The van der Waals surface area contributed by atoms with E-state index in [1.54, 1.807) is 6.07 Å². The maximum absolute atomic E-state index is 12.6. The first-order chi connectivity index (χ1) is 14.8. The minimum Gasteiger partial charge on any atom is -0.321 e. The SMILES string of the molecule is Cc1cc(C=C(C#N)C(=O)Nc2ccc(SC(F)F)cc2)c(C)n1-c1ccccc1Cl. The number of para-hydroxylation sites is 1. The highest BCUT2D eigenvalue weighted by Gasteiger charge is 2.15. The van der Waals surface area contributed by atoms with E-state index in [-0.39, 0.29) is 5.57 Å². The molecular weight excluding hydrogens is 440 g/mol. The lowest BCUT2D eigenvalue weighted by Crippen LogP contribution is -2.13. The number of thioether (sulfide) groups is 1. The number of carbonyl (C=O) groups is 1. The largest absolute Gasteiger partial charge is 0.321 e. The van der Waals surface area contributed by atoms with Crippen molar-refractivity contribution in [1.82, 2.24) is 4.57 Å². The van der Waals surface area contributed by atoms with Gasteiger partial charge in [-0.2, -0.15) is 14.0 Å². The first-order valence-electron chi connectivity index (χ1n) is 9.22. The number of benzene rings is 2. The molecule has 0 aliphatic heterocycles. The van der Waals surface area contributed by atoms with E-state index < -0.39 is 11.7 Å². The van der Waals surface area contributed by atoms with Crippen LogP contribution in [0.15, 0.2) is 65.1 Å². The number of amides is 1. The molecule has 0 fully saturated rings. The zero-order valence-corrected chi connectivity index (χ0v) is 18.3. The molecule has 4 nitrogen and oxygen atoms in total. The summed E-state index contributed by atoms with van der Waals surface area (Å²) >= 11 is 6.75. The Morgan fingerprint density at radius 3 is 2.48 bits per heavy atom. The van der Waals surface area contributed by atoms with Crippen LogP contribution in [0.1, 0.15) is 17.0 Å². The van der Waals surface area contributed by atoms with Gasteiger partial charge in [0.2, 0.25) is 0 Å². The molecule has 0 unspecified atom stereocenters. The van der Waals surface area contributed by atoms with Crippen molar-refractivity contribution in [3.8, 4) is 11.8 Å². The molecule has 3 rings (SSSR count). The zero-order valence-electron chi connectivity index (χ0n) is 16.7. The molecule has 1 heterocycles. The van der Waals surface area contributed by atoms with Crippen LogP contribution in [-0.4, -0.2) is 16.2 Å². The number of nitrogens with zero attached hydrogens (tertiary/aromatic N) is 2. The number of nitrogens with one attached hydrogen (secondary N) is 1. The molecule has 1 aromatic heterocycles. The molecule has 0 radical (unpaired) electrons. The van der Waals surface area contributed by atoms with Gasteiger partial charge in [0, 0.05) is 22.0 Å². The highest BCUT2D eigenvalue weighted by molar-refractivity contribution is 7.99. The summed E-state index contributed by atoms with van der Waals surface area (Å²) in [5.41, 5.74) is 3.59. The molecule has 0 aliphatic carbocycles. The molecule has 1 N–H and O–H groups in total. The molecule has 0 atom stereocenters. The van der Waals surface area contributed by atoms with E-state index in [1.165, 1.54) is 30.3 Å². The number of hydrogen-bond acceptors (Lipinski definition) is 3. The fraction of sp³-hybridized carbons (Fsp3) is 0.130. The van der Waals surface area contributed by atoms with E-state index in [9.17, 15) is 18.8 Å². The van der Waals surface area contributed by atoms with Crippen molar-refractivity contribution in [1.29, 1.82) is 5.26 Å². The Bertz CT molecular complexity index is 1180. The first kappa shape index (κ1) is 22.6. The van der Waals surface area contributed by atoms with E-state index in [0.29, 0.717) is 32.9 Å². The molecule has 0 bridgehead atoms. The second-order valence-electron chi connectivity index (χ2n) is 6.64. The normalized spacial score (nSPS) is 11.5. The summed E-state index contributed by atoms with van der Waals surface area (Å²) in [5.74, 6) is -3.10. The number of halogens is 3. The molecule has 0 spiro atoms. The average molecular weight is 458 g/mol. The predicted molar refractivity (Wildman–Crippen MR) is 121 cm³/mol. The fourth-order valence-corrected chi connectivity index (χ4v) is 3.88. The minimum atomic E-state index is -2.52. The van der Waals surface area contributed by atoms with Crippen molar-refractivity contribution in [2.45, 2.75) is 24.5 Å². The standard InChI is InChI=1S/C23H18ClF2N3OS/c1-14-11-16(15(2)29(14)21-6-4-3-5-20(21)24)12-17(13-27)22(30)28-18-7-9-19(10-8-18)31-23(25)26/h3-12,23H,1-2H3,(H,28,30). The quantitative estimate of drug-likeness (QED) is 0.257. The Balaban J connectivity index is 1.85. The van der Waals surface area contributed by atoms with Crippen LogP contribution in [-0.2, 0) is 4.79 Å². The zero-order chi connectivity index (χ0) is 22.5. The summed E-state index contributed by atoms with van der Waals surface area (Å²) in [4.78, 5) is 13.0. The van der Waals surface area contributed by atoms with Crippen molar-refractivity contribution in [2.75, 3.05) is 5.32 Å². The molecule has 2 aromatic carbocycles. The van der Waals surface area contributed by atoms with E-state index in [4.69, 9.17) is 11.6 Å². The Hall–Kier alpha value is -3.08. The highest BCUT2D eigenvalue weighted by atomic mass is 35.5. The molecule has 0 aliphatic rings. The van der Waals surface area contributed by atoms with Crippen molar-refractivity contribution in [3.63, 3.8) is 0 Å². The van der Waals surface area contributed by atoms with Gasteiger partial charge in [0.1, 0.15) is 11.6 Å². The Morgan fingerprint density at radius 2 is 1.87 bits per heavy atom. The van der Waals surface area contributed by atoms with Crippen molar-refractivity contribution in [2.24, 2.45) is 0 Å². The maximum Gasteiger partial charge on any atom is 0.288 e. The number of nitriles is 1. The van der Waals surface area contributed by atoms with Crippen LogP contribution >= 0.6 is 23.4 Å². The summed E-state index contributed by atoms with van der Waals surface area (Å²) < 4.78 is 26.8. The average Bonchev–Trinajstić information content (AvgIpc) is 3.00. The minimum absolute atomic E-state index is 0.0783. The summed E-state index contributed by atoms with van der Waals surface area (Å²) in [5, 5.41) is 12.7. The van der Waals surface area contributed by atoms with Crippen molar-refractivity contribution in [3.05, 3.63) is 82.1 Å². The molecule has 31 heavy (non-hydrogen) atoms. The van der Waals surface area contributed by atoms with Gasteiger partial charge >= 0.3 is 0 Å². The molecule has 1 amide bonds. The molecule has 3 aromatic rings. The topological polar surface area (TPSA) is 57.8 Å². The van der Waals surface area contributed by atoms with Gasteiger partial charge in [-0.15, -0.1) is 0 Å². The molecule has 0 saturated heterocycles. The van der Waals surface area contributed by atoms with Gasteiger partial charge in [-0.25, -0.2) is 0 Å². The van der Waals surface area contributed by atoms with E-state index in [1.807, 2.05) is 48.7 Å². The van der Waals surface area contributed by atoms with Crippen LogP contribution in [0.3, 0.4) is 0 Å². The second-order valence-corrected chi connectivity index (χ2v) is 8.11. The molecular formula is C23H18ClF2N3OS. The van der Waals surface area contributed by atoms with Gasteiger partial charge in [-0.1, -0.05) is 35.5 Å². The smallest absolute Gasteiger partial charge is 0.288 e. The number of anilines is 1. The molecule has 0 saturated carbocycles. The Morgan fingerprint density at radius 1 is 1.19 bits per heavy atom. The van der Waals surface area contributed by atoms with Gasteiger partial charge in [0.25, 0.3) is 11.7 Å². The van der Waals surface area contributed by atoms with Gasteiger partial charge in [-0.3, -0.25) is 4.79 Å². The third-order valence-corrected chi connectivity index (χ3v) is 5.61. The second kappa shape index (κ2) is 9.82. The number of alkyl halides is 2. The van der Waals surface area contributed by atoms with Gasteiger partial charge in [-0.05, 0) is 68.0 Å². The van der Waals surface area contributed by atoms with Crippen molar-refractivity contribution >= 4 is 41.0 Å². The summed E-state index contributed by atoms with van der Waals surface area (Å²) in [6, 6.07) is 17.2. The lowest BCUT2D eigenvalue weighted by atomic mass is 10.1. The number of rotatable bonds is 6. The predicted octanol–water partition coefficient (Wildman–Crippen LogP) is 6.61. The molecule has 158 valence electrons. The van der Waals surface area contributed by atoms with Crippen molar-refractivity contribution < 1.29 is 13.6 Å². The summed E-state index contributed by atoms with van der Waals surface area (Å²) in [6.07, 6.45) is 1.52. The van der Waals surface area contributed by atoms with E-state index in [0.717, 1.165) is 17.1 Å². The van der Waals surface area contributed by atoms with Crippen LogP contribution in [0.25, 0.3) is 11.8 Å². The van der Waals surface area contributed by atoms with Crippen LogP contribution in [0.2, 0.25) is 5.02 Å². The van der Waals surface area contributed by atoms with Crippen LogP contribution < -0.4 is 5.32 Å². The number of carbonyl (C=O) groups excluding carboxylic acids is 1. The van der Waals surface area contributed by atoms with Crippen LogP contribution in [0.4, 0.5) is 14.5 Å². The lowest BCUT2D eigenvalue weighted by molar-refractivity contribution is -0.112. The number of aromatic nitrogens is 1. The van der Waals surface area contributed by atoms with E-state index >= 15 is 0 Å². The number of hydrogen-bond donors (Lipinski definition) is 1. The van der Waals surface area contributed by atoms with E-state index in [2.05, 4.69) is 5.32 Å². The maximum atomic E-state index is 12.6. The third kappa shape index (κ3) is 5.35. The lowest BCUT2D eigenvalue weighted by Gasteiger charge is -2.11. The Labute approximate surface area is 188 Å². The Kier molecular flexibility index (Phi) is 7.16. The third-order valence-electron chi connectivity index (χ3n) is 4.57. The monoisotopic (exact) mass is 457 g/mol. The summed E-state index contributed by atoms with van der Waals surface area (Å²) in [7, 11) is 0. The number of aryl methyl sites for hydroxylation is 1. The van der Waals surface area contributed by atoms with Gasteiger partial charge in [0.05, 0.1) is 10.7 Å². The summed E-state index contributed by atoms with van der Waals surface area (Å²) in [6.45, 7) is 3.80. The highest BCUT2D eigenvalue weighted by Crippen LogP contribution is 2.28. The fourth-order valence-electron chi connectivity index (χ4n) is 3.16. The van der Waals surface area contributed by atoms with Crippen LogP contribution in [0.5, 0.6) is 0 Å². The first-order valence-corrected chi connectivity index (χ1v) is 10.5. The van der Waals surface area contributed by atoms with Gasteiger partial charge < -0.3 is 9.88 Å².